The van der Waals surface area contributed by atoms with Crippen molar-refractivity contribution < 1.29 is 12.8 Å². The van der Waals surface area contributed by atoms with E-state index in [0.717, 1.165) is 10.7 Å². The van der Waals surface area contributed by atoms with Crippen LogP contribution in [0.3, 0.4) is 0 Å². The van der Waals surface area contributed by atoms with Gasteiger partial charge in [0.1, 0.15) is 5.52 Å². The highest BCUT2D eigenvalue weighted by molar-refractivity contribution is 9.10. The lowest BCUT2D eigenvalue weighted by atomic mass is 10.2. The lowest BCUT2D eigenvalue weighted by Crippen LogP contribution is -1.96. The van der Waals surface area contributed by atoms with Gasteiger partial charge in [0.15, 0.2) is 15.4 Å². The highest BCUT2D eigenvalue weighted by Gasteiger charge is 2.14. The molecule has 0 radical (unpaired) electrons. The van der Waals surface area contributed by atoms with Crippen molar-refractivity contribution in [2.24, 2.45) is 0 Å². The normalized spacial score (nSPS) is 11.9. The maximum absolute atomic E-state index is 11.6. The van der Waals surface area contributed by atoms with Gasteiger partial charge in [-0.05, 0) is 52.3 Å². The van der Waals surface area contributed by atoms with Crippen molar-refractivity contribution in [1.29, 1.82) is 0 Å². The number of hydrogen-bond donors (Lipinski definition) is 1. The van der Waals surface area contributed by atoms with E-state index in [0.29, 0.717) is 28.2 Å². The number of halogens is 1. The first-order valence-corrected chi connectivity index (χ1v) is 8.69. The molecule has 0 saturated heterocycles. The summed E-state index contributed by atoms with van der Waals surface area (Å²) in [5, 5.41) is 0. The first-order chi connectivity index (χ1) is 9.84. The van der Waals surface area contributed by atoms with Crippen LogP contribution < -0.4 is 5.73 Å². The second-order valence-corrected chi connectivity index (χ2v) is 7.53. The summed E-state index contributed by atoms with van der Waals surface area (Å²) in [6.45, 7) is 0. The largest absolute Gasteiger partial charge is 0.436 e. The molecular weight excluding hydrogens is 356 g/mol. The number of fused-ring (bicyclic) bond motifs is 1. The van der Waals surface area contributed by atoms with Gasteiger partial charge in [0.2, 0.25) is 5.89 Å². The molecule has 1 heterocycles. The van der Waals surface area contributed by atoms with E-state index in [9.17, 15) is 8.42 Å². The van der Waals surface area contributed by atoms with E-state index < -0.39 is 9.84 Å². The molecule has 0 amide bonds. The Morgan fingerprint density at radius 1 is 1.19 bits per heavy atom. The average Bonchev–Trinajstić information content (AvgIpc) is 2.83. The molecule has 3 rings (SSSR count). The zero-order chi connectivity index (χ0) is 15.2. The smallest absolute Gasteiger partial charge is 0.228 e. The standard InChI is InChI=1S/C14H11BrN2O3S/c1-21(18,19)9-3-5-13-12(7-9)17-14(20-13)10-6-8(16)2-4-11(10)15/h2-7H,16H2,1H3. The highest BCUT2D eigenvalue weighted by atomic mass is 79.9. The Labute approximate surface area is 129 Å². The Hall–Kier alpha value is -1.86. The predicted octanol–water partition coefficient (Wildman–Crippen LogP) is 3.24. The molecule has 0 aliphatic rings. The molecule has 0 spiro atoms. The van der Waals surface area contributed by atoms with Gasteiger partial charge in [0.05, 0.1) is 10.5 Å². The third-order valence-electron chi connectivity index (χ3n) is 3.01. The molecule has 0 atom stereocenters. The van der Waals surface area contributed by atoms with Crippen LogP contribution in [0.15, 0.2) is 50.2 Å². The summed E-state index contributed by atoms with van der Waals surface area (Å²) in [6, 6.07) is 9.91. The second-order valence-electron chi connectivity index (χ2n) is 4.66. The zero-order valence-electron chi connectivity index (χ0n) is 11.0. The molecule has 1 aromatic heterocycles. The average molecular weight is 367 g/mol. The van der Waals surface area contributed by atoms with Gasteiger partial charge in [-0.15, -0.1) is 0 Å². The van der Waals surface area contributed by atoms with Crippen LogP contribution in [-0.4, -0.2) is 19.7 Å². The first-order valence-electron chi connectivity index (χ1n) is 6.00. The quantitative estimate of drug-likeness (QED) is 0.703. The minimum absolute atomic E-state index is 0.210. The van der Waals surface area contributed by atoms with Crippen molar-refractivity contribution in [2.45, 2.75) is 4.90 Å². The van der Waals surface area contributed by atoms with Gasteiger partial charge in [-0.25, -0.2) is 13.4 Å². The second kappa shape index (κ2) is 4.85. The number of oxazole rings is 1. The van der Waals surface area contributed by atoms with Gasteiger partial charge in [0.25, 0.3) is 0 Å². The molecule has 2 aromatic carbocycles. The Morgan fingerprint density at radius 2 is 1.95 bits per heavy atom. The van der Waals surface area contributed by atoms with Crippen LogP contribution in [0, 0.1) is 0 Å². The fourth-order valence-electron chi connectivity index (χ4n) is 1.96. The van der Waals surface area contributed by atoms with Gasteiger partial charge < -0.3 is 10.2 Å². The van der Waals surface area contributed by atoms with Crippen LogP contribution >= 0.6 is 15.9 Å². The van der Waals surface area contributed by atoms with E-state index >= 15 is 0 Å². The molecule has 0 saturated carbocycles. The third-order valence-corrected chi connectivity index (χ3v) is 4.81. The summed E-state index contributed by atoms with van der Waals surface area (Å²) in [5.74, 6) is 0.384. The van der Waals surface area contributed by atoms with Crippen LogP contribution in [0.4, 0.5) is 5.69 Å². The van der Waals surface area contributed by atoms with Crippen molar-refractivity contribution in [1.82, 2.24) is 4.98 Å². The van der Waals surface area contributed by atoms with Crippen molar-refractivity contribution in [2.75, 3.05) is 12.0 Å². The van der Waals surface area contributed by atoms with Crippen molar-refractivity contribution in [3.8, 4) is 11.5 Å². The molecule has 0 aliphatic heterocycles. The number of nitrogens with two attached hydrogens (primary N) is 1. The van der Waals surface area contributed by atoms with Crippen molar-refractivity contribution in [3.63, 3.8) is 0 Å². The lowest BCUT2D eigenvalue weighted by Gasteiger charge is -2.00. The van der Waals surface area contributed by atoms with Crippen LogP contribution in [0.1, 0.15) is 0 Å². The van der Waals surface area contributed by atoms with Gasteiger partial charge in [-0.1, -0.05) is 0 Å². The predicted molar refractivity (Wildman–Crippen MR) is 84.7 cm³/mol. The molecule has 108 valence electrons. The minimum Gasteiger partial charge on any atom is -0.436 e. The number of nitrogens with zero attached hydrogens (tertiary/aromatic N) is 1. The summed E-state index contributed by atoms with van der Waals surface area (Å²) in [7, 11) is -3.28. The molecule has 0 aliphatic carbocycles. The van der Waals surface area contributed by atoms with Gasteiger partial charge in [-0.2, -0.15) is 0 Å². The Balaban J connectivity index is 2.20. The van der Waals surface area contributed by atoms with Crippen LogP contribution in [0.25, 0.3) is 22.6 Å². The molecule has 21 heavy (non-hydrogen) atoms. The van der Waals surface area contributed by atoms with E-state index in [-0.39, 0.29) is 4.90 Å². The van der Waals surface area contributed by atoms with Gasteiger partial charge >= 0.3 is 0 Å². The van der Waals surface area contributed by atoms with Crippen LogP contribution in [-0.2, 0) is 9.84 Å². The zero-order valence-corrected chi connectivity index (χ0v) is 13.4. The number of benzene rings is 2. The van der Waals surface area contributed by atoms with Crippen molar-refractivity contribution >= 4 is 42.6 Å². The number of aromatic nitrogens is 1. The number of anilines is 1. The number of nitrogen functional groups attached to an aromatic ring is 1. The summed E-state index contributed by atoms with van der Waals surface area (Å²) in [5.41, 5.74) is 8.08. The molecule has 0 fully saturated rings. The maximum atomic E-state index is 11.6. The summed E-state index contributed by atoms with van der Waals surface area (Å²) < 4.78 is 29.6. The topological polar surface area (TPSA) is 86.2 Å². The summed E-state index contributed by atoms with van der Waals surface area (Å²) >= 11 is 3.42. The summed E-state index contributed by atoms with van der Waals surface area (Å²) in [4.78, 5) is 4.55. The fraction of sp³-hybridized carbons (Fsp3) is 0.0714. The number of sulfone groups is 1. The Morgan fingerprint density at radius 3 is 2.67 bits per heavy atom. The monoisotopic (exact) mass is 366 g/mol. The highest BCUT2D eigenvalue weighted by Crippen LogP contribution is 2.32. The van der Waals surface area contributed by atoms with Gasteiger partial charge in [-0.3, -0.25) is 0 Å². The number of rotatable bonds is 2. The number of hydrogen-bond acceptors (Lipinski definition) is 5. The fourth-order valence-corrected chi connectivity index (χ4v) is 3.02. The van der Waals surface area contributed by atoms with Crippen LogP contribution in [0.5, 0.6) is 0 Å². The SMILES string of the molecule is CS(=O)(=O)c1ccc2oc(-c3cc(N)ccc3Br)nc2c1. The van der Waals surface area contributed by atoms with E-state index in [1.807, 2.05) is 6.07 Å². The minimum atomic E-state index is -3.28. The third kappa shape index (κ3) is 2.66. The molecule has 2 N–H and O–H groups in total. The Bertz CT molecular complexity index is 948. The molecule has 7 heteroatoms. The molecular formula is C14H11BrN2O3S. The maximum Gasteiger partial charge on any atom is 0.228 e. The molecule has 0 unspecified atom stereocenters. The molecule has 0 bridgehead atoms. The Kier molecular flexibility index (Phi) is 3.26. The molecule has 3 aromatic rings. The van der Waals surface area contributed by atoms with E-state index in [1.54, 1.807) is 18.2 Å². The first kappa shape index (κ1) is 14.1. The lowest BCUT2D eigenvalue weighted by molar-refractivity contribution is 0.602. The summed E-state index contributed by atoms with van der Waals surface area (Å²) in [6.07, 6.45) is 1.16. The van der Waals surface area contributed by atoms with E-state index in [1.165, 1.54) is 12.1 Å². The van der Waals surface area contributed by atoms with E-state index in [4.69, 9.17) is 10.2 Å². The van der Waals surface area contributed by atoms with E-state index in [2.05, 4.69) is 20.9 Å². The van der Waals surface area contributed by atoms with Crippen molar-refractivity contribution in [3.05, 3.63) is 40.9 Å². The van der Waals surface area contributed by atoms with Gasteiger partial charge in [0, 0.05) is 16.4 Å². The molecule has 5 nitrogen and oxygen atoms in total. The van der Waals surface area contributed by atoms with Crippen LogP contribution in [0.2, 0.25) is 0 Å².